The smallest absolute Gasteiger partial charge is 0.313 e. The molecule has 1 aliphatic carbocycles. The minimum atomic E-state index is -0.578. The Morgan fingerprint density at radius 2 is 1.92 bits per heavy atom. The van der Waals surface area contributed by atoms with Crippen molar-refractivity contribution in [3.8, 4) is 0 Å². The summed E-state index contributed by atoms with van der Waals surface area (Å²) in [7, 11) is 0. The topological polar surface area (TPSA) is 88.3 Å². The molecule has 0 aromatic carbocycles. The lowest BCUT2D eigenvalue weighted by molar-refractivity contribution is -0.147. The lowest BCUT2D eigenvalue weighted by atomic mass is 9.78. The molecule has 0 unspecified atom stereocenters. The van der Waals surface area contributed by atoms with E-state index in [0.717, 1.165) is 18.4 Å². The Kier molecular flexibility index (Phi) is 5.79. The van der Waals surface area contributed by atoms with Crippen LogP contribution in [0.25, 0.3) is 0 Å². The van der Waals surface area contributed by atoms with E-state index in [4.69, 9.17) is 5.73 Å². The summed E-state index contributed by atoms with van der Waals surface area (Å²) < 4.78 is 0. The number of likely N-dealkylation sites (tertiary alicyclic amines) is 1. The number of carbonyl (C=O) groups excluding carboxylic acids is 2. The van der Waals surface area contributed by atoms with Gasteiger partial charge in [0.05, 0.1) is 11.9 Å². The molecule has 1 saturated carbocycles. The van der Waals surface area contributed by atoms with Gasteiger partial charge in [0.15, 0.2) is 0 Å². The van der Waals surface area contributed by atoms with Gasteiger partial charge in [0, 0.05) is 12.6 Å². The van der Waals surface area contributed by atoms with Crippen molar-refractivity contribution >= 4 is 23.3 Å². The summed E-state index contributed by atoms with van der Waals surface area (Å²) in [6, 6.07) is 1.95. The van der Waals surface area contributed by atoms with Crippen molar-refractivity contribution in [2.75, 3.05) is 17.6 Å². The molecule has 3 N–H and O–H groups in total. The molecular weight excluding hydrogens is 328 g/mol. The summed E-state index contributed by atoms with van der Waals surface area (Å²) in [5.74, 6) is 0.407. The number of carbonyl (C=O) groups is 2. The second-order valence-electron chi connectivity index (χ2n) is 7.99. The van der Waals surface area contributed by atoms with Crippen molar-refractivity contribution < 1.29 is 9.59 Å². The van der Waals surface area contributed by atoms with E-state index >= 15 is 0 Å². The molecule has 6 heteroatoms. The first kappa shape index (κ1) is 18.7. The number of anilines is 2. The zero-order valence-electron chi connectivity index (χ0n) is 15.8. The van der Waals surface area contributed by atoms with E-state index in [-0.39, 0.29) is 6.04 Å². The lowest BCUT2D eigenvalue weighted by Gasteiger charge is -2.43. The van der Waals surface area contributed by atoms with Crippen LogP contribution in [-0.4, -0.2) is 34.3 Å². The third kappa shape index (κ3) is 4.17. The molecule has 6 nitrogen and oxygen atoms in total. The van der Waals surface area contributed by atoms with Gasteiger partial charge in [0.1, 0.15) is 5.82 Å². The van der Waals surface area contributed by atoms with Crippen molar-refractivity contribution in [2.24, 2.45) is 11.8 Å². The molecule has 2 fully saturated rings. The minimum absolute atomic E-state index is 0.205. The highest BCUT2D eigenvalue weighted by Gasteiger charge is 2.37. The first-order chi connectivity index (χ1) is 12.5. The fraction of sp³-hybridized carbons (Fsp3) is 0.650. The summed E-state index contributed by atoms with van der Waals surface area (Å²) in [6.07, 6.45) is 9.74. The number of pyridine rings is 1. The van der Waals surface area contributed by atoms with Gasteiger partial charge in [-0.2, -0.15) is 0 Å². The number of nitrogens with zero attached hydrogens (tertiary/aromatic N) is 2. The van der Waals surface area contributed by atoms with Crippen LogP contribution in [0, 0.1) is 18.8 Å². The van der Waals surface area contributed by atoms with Gasteiger partial charge in [0.25, 0.3) is 0 Å². The summed E-state index contributed by atoms with van der Waals surface area (Å²) >= 11 is 0. The highest BCUT2D eigenvalue weighted by Crippen LogP contribution is 2.35. The highest BCUT2D eigenvalue weighted by molar-refractivity contribution is 6.39. The van der Waals surface area contributed by atoms with Crippen LogP contribution in [0.5, 0.6) is 0 Å². The molecule has 1 aromatic rings. The van der Waals surface area contributed by atoms with Crippen LogP contribution in [-0.2, 0) is 9.59 Å². The maximum Gasteiger partial charge on any atom is 0.313 e. The number of aromatic nitrogens is 1. The number of nitrogens with one attached hydrogen (secondary N) is 1. The number of amides is 2. The SMILES string of the molecule is Cc1cc(NC(=O)C(=O)N2C[C@H](C)CC[C@H]2C2CCCCC2)cnc1N. The fourth-order valence-electron chi connectivity index (χ4n) is 4.38. The minimum Gasteiger partial charge on any atom is -0.383 e. The molecule has 0 radical (unpaired) electrons. The summed E-state index contributed by atoms with van der Waals surface area (Å²) in [4.78, 5) is 31.4. The number of nitrogen functional groups attached to an aromatic ring is 1. The summed E-state index contributed by atoms with van der Waals surface area (Å²) in [6.45, 7) is 4.65. The first-order valence-electron chi connectivity index (χ1n) is 9.79. The molecule has 2 heterocycles. The molecule has 3 rings (SSSR count). The van der Waals surface area contributed by atoms with E-state index in [1.807, 2.05) is 11.8 Å². The number of hydrogen-bond donors (Lipinski definition) is 2. The largest absolute Gasteiger partial charge is 0.383 e. The molecule has 142 valence electrons. The number of rotatable bonds is 2. The molecule has 0 spiro atoms. The van der Waals surface area contributed by atoms with Crippen molar-refractivity contribution in [3.63, 3.8) is 0 Å². The maximum atomic E-state index is 12.9. The maximum absolute atomic E-state index is 12.9. The average Bonchev–Trinajstić information content (AvgIpc) is 2.64. The normalized spacial score (nSPS) is 24.3. The van der Waals surface area contributed by atoms with Crippen LogP contribution in [0.3, 0.4) is 0 Å². The van der Waals surface area contributed by atoms with E-state index in [1.54, 1.807) is 6.07 Å². The van der Waals surface area contributed by atoms with Gasteiger partial charge < -0.3 is 16.0 Å². The van der Waals surface area contributed by atoms with Crippen molar-refractivity contribution in [2.45, 2.75) is 64.8 Å². The predicted molar refractivity (Wildman–Crippen MR) is 102 cm³/mol. The molecular formula is C20H30N4O2. The van der Waals surface area contributed by atoms with E-state index in [1.165, 1.54) is 38.3 Å². The van der Waals surface area contributed by atoms with Gasteiger partial charge in [-0.3, -0.25) is 9.59 Å². The molecule has 1 aliphatic heterocycles. The van der Waals surface area contributed by atoms with Gasteiger partial charge in [-0.05, 0) is 56.1 Å². The van der Waals surface area contributed by atoms with Gasteiger partial charge in [-0.1, -0.05) is 26.2 Å². The van der Waals surface area contributed by atoms with Crippen LogP contribution in [0.4, 0.5) is 11.5 Å². The molecule has 2 atom stereocenters. The number of piperidine rings is 1. The Morgan fingerprint density at radius 1 is 1.19 bits per heavy atom. The van der Waals surface area contributed by atoms with Crippen LogP contribution in [0.1, 0.15) is 57.4 Å². The zero-order chi connectivity index (χ0) is 18.7. The van der Waals surface area contributed by atoms with Crippen molar-refractivity contribution in [1.82, 2.24) is 9.88 Å². The number of hydrogen-bond acceptors (Lipinski definition) is 4. The van der Waals surface area contributed by atoms with E-state index in [0.29, 0.717) is 29.9 Å². The van der Waals surface area contributed by atoms with E-state index in [9.17, 15) is 9.59 Å². The monoisotopic (exact) mass is 358 g/mol. The van der Waals surface area contributed by atoms with Crippen molar-refractivity contribution in [3.05, 3.63) is 17.8 Å². The average molecular weight is 358 g/mol. The Bertz CT molecular complexity index is 670. The highest BCUT2D eigenvalue weighted by atomic mass is 16.2. The predicted octanol–water partition coefficient (Wildman–Crippen LogP) is 3.12. The van der Waals surface area contributed by atoms with Gasteiger partial charge >= 0.3 is 11.8 Å². The standard InChI is InChI=1S/C20H30N4O2/c1-13-8-9-17(15-6-4-3-5-7-15)24(12-13)20(26)19(25)23-16-10-14(2)18(21)22-11-16/h10-11,13,15,17H,3-9,12H2,1-2H3,(H2,21,22)(H,23,25)/t13-,17+/m1/s1. The van der Waals surface area contributed by atoms with E-state index < -0.39 is 11.8 Å². The van der Waals surface area contributed by atoms with Crippen LogP contribution in [0.15, 0.2) is 12.3 Å². The van der Waals surface area contributed by atoms with Crippen molar-refractivity contribution in [1.29, 1.82) is 0 Å². The lowest BCUT2D eigenvalue weighted by Crippen LogP contribution is -2.53. The molecule has 2 amide bonds. The number of aryl methyl sites for hydroxylation is 1. The molecule has 1 aromatic heterocycles. The quantitative estimate of drug-likeness (QED) is 0.795. The Labute approximate surface area is 155 Å². The Balaban J connectivity index is 1.71. The second kappa shape index (κ2) is 8.06. The van der Waals surface area contributed by atoms with E-state index in [2.05, 4.69) is 17.2 Å². The molecule has 26 heavy (non-hydrogen) atoms. The van der Waals surface area contributed by atoms with Crippen LogP contribution < -0.4 is 11.1 Å². The second-order valence-corrected chi connectivity index (χ2v) is 7.99. The summed E-state index contributed by atoms with van der Waals surface area (Å²) in [5, 5.41) is 2.70. The third-order valence-electron chi connectivity index (χ3n) is 5.89. The Hall–Kier alpha value is -2.11. The Morgan fingerprint density at radius 3 is 2.62 bits per heavy atom. The van der Waals surface area contributed by atoms with Gasteiger partial charge in [0.2, 0.25) is 0 Å². The fourth-order valence-corrected chi connectivity index (χ4v) is 4.38. The molecule has 0 bridgehead atoms. The molecule has 2 aliphatic rings. The molecule has 1 saturated heterocycles. The van der Waals surface area contributed by atoms with Gasteiger partial charge in [-0.15, -0.1) is 0 Å². The zero-order valence-corrected chi connectivity index (χ0v) is 15.8. The van der Waals surface area contributed by atoms with Gasteiger partial charge in [-0.25, -0.2) is 4.98 Å². The summed E-state index contributed by atoms with van der Waals surface area (Å²) in [5.41, 5.74) is 7.00. The van der Waals surface area contributed by atoms with Crippen LogP contribution in [0.2, 0.25) is 0 Å². The third-order valence-corrected chi connectivity index (χ3v) is 5.89. The first-order valence-corrected chi connectivity index (χ1v) is 9.79. The number of nitrogens with two attached hydrogens (primary N) is 1. The van der Waals surface area contributed by atoms with Crippen LogP contribution >= 0.6 is 0 Å².